The average molecular weight is 344 g/mol. The number of halogens is 2. The van der Waals surface area contributed by atoms with Gasteiger partial charge in [-0.15, -0.1) is 0 Å². The number of carbonyl (C=O) groups excluding carboxylic acids is 1. The number of amides is 1. The Morgan fingerprint density at radius 1 is 1.42 bits per heavy atom. The molecule has 1 saturated carbocycles. The predicted molar refractivity (Wildman–Crippen MR) is 80.4 cm³/mol. The summed E-state index contributed by atoms with van der Waals surface area (Å²) in [5, 5.41) is 6.97. The molecule has 1 unspecified atom stereocenters. The highest BCUT2D eigenvalue weighted by Gasteiger charge is 2.57. The molecule has 0 aromatic heterocycles. The molecular formula is C14H16BrClN2O. The molecule has 1 aromatic carbocycles. The molecular weight excluding hydrogens is 328 g/mol. The topological polar surface area (TPSA) is 41.1 Å². The van der Waals surface area contributed by atoms with Crippen LogP contribution in [0.25, 0.3) is 0 Å². The lowest BCUT2D eigenvalue weighted by atomic mass is 9.92. The molecule has 2 aliphatic rings. The Balaban J connectivity index is 1.68. The van der Waals surface area contributed by atoms with Gasteiger partial charge in [0, 0.05) is 15.4 Å². The molecule has 5 heteroatoms. The van der Waals surface area contributed by atoms with E-state index >= 15 is 0 Å². The summed E-state index contributed by atoms with van der Waals surface area (Å²) in [6.45, 7) is 2.06. The van der Waals surface area contributed by atoms with Gasteiger partial charge in [-0.3, -0.25) is 4.79 Å². The van der Waals surface area contributed by atoms with Crippen molar-refractivity contribution in [2.75, 3.05) is 18.4 Å². The Morgan fingerprint density at radius 2 is 2.16 bits per heavy atom. The van der Waals surface area contributed by atoms with Gasteiger partial charge >= 0.3 is 0 Å². The first-order chi connectivity index (χ1) is 9.11. The van der Waals surface area contributed by atoms with Gasteiger partial charge in [0.15, 0.2) is 0 Å². The van der Waals surface area contributed by atoms with Crippen LogP contribution in [0.3, 0.4) is 0 Å². The molecule has 102 valence electrons. The number of benzene rings is 1. The smallest absolute Gasteiger partial charge is 0.228 e. The first-order valence-electron chi connectivity index (χ1n) is 6.57. The summed E-state index contributed by atoms with van der Waals surface area (Å²) in [7, 11) is 0. The lowest BCUT2D eigenvalue weighted by Crippen LogP contribution is -2.31. The highest BCUT2D eigenvalue weighted by Crippen LogP contribution is 2.58. The molecule has 1 saturated heterocycles. The maximum absolute atomic E-state index is 12.3. The third-order valence-electron chi connectivity index (χ3n) is 4.29. The number of anilines is 1. The summed E-state index contributed by atoms with van der Waals surface area (Å²) in [6, 6.07) is 5.43. The summed E-state index contributed by atoms with van der Waals surface area (Å²) >= 11 is 9.39. The zero-order valence-electron chi connectivity index (χ0n) is 10.5. The minimum atomic E-state index is 0.130. The zero-order chi connectivity index (χ0) is 13.5. The molecule has 1 aliphatic carbocycles. The second kappa shape index (κ2) is 5.08. The highest BCUT2D eigenvalue weighted by molar-refractivity contribution is 9.10. The first-order valence-corrected chi connectivity index (χ1v) is 7.74. The number of piperidine rings is 1. The molecule has 1 spiro atoms. The van der Waals surface area contributed by atoms with Crippen LogP contribution in [0, 0.1) is 11.3 Å². The van der Waals surface area contributed by atoms with E-state index in [9.17, 15) is 4.79 Å². The molecule has 2 N–H and O–H groups in total. The van der Waals surface area contributed by atoms with Crippen LogP contribution in [-0.4, -0.2) is 19.0 Å². The maximum Gasteiger partial charge on any atom is 0.228 e. The number of rotatable bonds is 2. The Morgan fingerprint density at radius 3 is 2.89 bits per heavy atom. The van der Waals surface area contributed by atoms with Crippen molar-refractivity contribution < 1.29 is 4.79 Å². The van der Waals surface area contributed by atoms with Crippen molar-refractivity contribution >= 4 is 39.1 Å². The fourth-order valence-electron chi connectivity index (χ4n) is 3.01. The van der Waals surface area contributed by atoms with Gasteiger partial charge < -0.3 is 10.6 Å². The van der Waals surface area contributed by atoms with Crippen LogP contribution >= 0.6 is 27.5 Å². The van der Waals surface area contributed by atoms with Gasteiger partial charge in [0.2, 0.25) is 5.91 Å². The van der Waals surface area contributed by atoms with Crippen LogP contribution in [-0.2, 0) is 4.79 Å². The van der Waals surface area contributed by atoms with Crippen LogP contribution in [0.1, 0.15) is 19.3 Å². The van der Waals surface area contributed by atoms with E-state index in [1.807, 2.05) is 6.07 Å². The fraction of sp³-hybridized carbons (Fsp3) is 0.500. The van der Waals surface area contributed by atoms with E-state index in [0.717, 1.165) is 42.5 Å². The van der Waals surface area contributed by atoms with Crippen LogP contribution < -0.4 is 10.6 Å². The summed E-state index contributed by atoms with van der Waals surface area (Å²) in [6.07, 6.45) is 3.25. The molecule has 3 rings (SSSR count). The van der Waals surface area contributed by atoms with E-state index in [0.29, 0.717) is 5.02 Å². The summed E-state index contributed by atoms with van der Waals surface area (Å²) in [5.41, 5.74) is 1.02. The Bertz CT molecular complexity index is 514. The van der Waals surface area contributed by atoms with Crippen LogP contribution in [0.4, 0.5) is 5.69 Å². The second-order valence-corrected chi connectivity index (χ2v) is 6.77. The number of nitrogens with one attached hydrogen (secondary N) is 2. The van der Waals surface area contributed by atoms with Gasteiger partial charge in [0.1, 0.15) is 0 Å². The van der Waals surface area contributed by atoms with Gasteiger partial charge in [-0.1, -0.05) is 11.6 Å². The van der Waals surface area contributed by atoms with Gasteiger partial charge in [-0.2, -0.15) is 0 Å². The van der Waals surface area contributed by atoms with Crippen molar-refractivity contribution in [3.63, 3.8) is 0 Å². The molecule has 1 aromatic rings. The van der Waals surface area contributed by atoms with Crippen molar-refractivity contribution in [2.45, 2.75) is 19.3 Å². The average Bonchev–Trinajstić information content (AvgIpc) is 3.08. The number of carbonyl (C=O) groups is 1. The Hall–Kier alpha value is -0.580. The highest BCUT2D eigenvalue weighted by atomic mass is 79.9. The molecule has 1 aliphatic heterocycles. The summed E-state index contributed by atoms with van der Waals surface area (Å²) in [4.78, 5) is 12.3. The standard InChI is InChI=1S/C14H16BrClN2O/c15-11-2-1-9(16)7-12(11)18-13(19)10-8-14(10)3-5-17-6-4-14/h1-2,7,10,17H,3-6,8H2,(H,18,19). The van der Waals surface area contributed by atoms with Crippen molar-refractivity contribution in [3.05, 3.63) is 27.7 Å². The minimum Gasteiger partial charge on any atom is -0.325 e. The van der Waals surface area contributed by atoms with Gasteiger partial charge in [-0.05, 0) is 71.9 Å². The lowest BCUT2D eigenvalue weighted by molar-refractivity contribution is -0.118. The minimum absolute atomic E-state index is 0.130. The quantitative estimate of drug-likeness (QED) is 0.864. The largest absolute Gasteiger partial charge is 0.325 e. The number of hydrogen-bond donors (Lipinski definition) is 2. The van der Waals surface area contributed by atoms with E-state index in [1.165, 1.54) is 0 Å². The molecule has 1 atom stereocenters. The third-order valence-corrected chi connectivity index (χ3v) is 5.22. The molecule has 0 radical (unpaired) electrons. The van der Waals surface area contributed by atoms with E-state index < -0.39 is 0 Å². The SMILES string of the molecule is O=C(Nc1cc(Cl)ccc1Br)C1CC12CCNCC2. The van der Waals surface area contributed by atoms with E-state index in [2.05, 4.69) is 26.6 Å². The van der Waals surface area contributed by atoms with E-state index in [-0.39, 0.29) is 17.2 Å². The van der Waals surface area contributed by atoms with Crippen molar-refractivity contribution in [1.82, 2.24) is 5.32 Å². The summed E-state index contributed by atoms with van der Waals surface area (Å²) < 4.78 is 0.866. The normalized spacial score (nSPS) is 24.2. The maximum atomic E-state index is 12.3. The third kappa shape index (κ3) is 2.67. The molecule has 1 heterocycles. The van der Waals surface area contributed by atoms with E-state index in [1.54, 1.807) is 12.1 Å². The van der Waals surface area contributed by atoms with E-state index in [4.69, 9.17) is 11.6 Å². The summed E-state index contributed by atoms with van der Waals surface area (Å²) in [5.74, 6) is 0.297. The first kappa shape index (κ1) is 13.4. The predicted octanol–water partition coefficient (Wildman–Crippen LogP) is 3.43. The Labute approximate surface area is 126 Å². The Kier molecular flexibility index (Phi) is 3.58. The van der Waals surface area contributed by atoms with Crippen LogP contribution in [0.5, 0.6) is 0 Å². The molecule has 19 heavy (non-hydrogen) atoms. The zero-order valence-corrected chi connectivity index (χ0v) is 12.9. The second-order valence-electron chi connectivity index (χ2n) is 5.48. The van der Waals surface area contributed by atoms with Crippen molar-refractivity contribution in [1.29, 1.82) is 0 Å². The molecule has 0 bridgehead atoms. The fourth-order valence-corrected chi connectivity index (χ4v) is 3.53. The van der Waals surface area contributed by atoms with Gasteiger partial charge in [0.25, 0.3) is 0 Å². The van der Waals surface area contributed by atoms with Gasteiger partial charge in [0.05, 0.1) is 5.69 Å². The number of hydrogen-bond acceptors (Lipinski definition) is 2. The van der Waals surface area contributed by atoms with Crippen LogP contribution in [0.2, 0.25) is 5.02 Å². The monoisotopic (exact) mass is 342 g/mol. The van der Waals surface area contributed by atoms with Crippen molar-refractivity contribution in [3.8, 4) is 0 Å². The lowest BCUT2D eigenvalue weighted by Gasteiger charge is -2.23. The van der Waals surface area contributed by atoms with Crippen LogP contribution in [0.15, 0.2) is 22.7 Å². The molecule has 2 fully saturated rings. The molecule has 1 amide bonds. The van der Waals surface area contributed by atoms with Gasteiger partial charge in [-0.25, -0.2) is 0 Å². The molecule has 3 nitrogen and oxygen atoms in total. The van der Waals surface area contributed by atoms with Crippen molar-refractivity contribution in [2.24, 2.45) is 11.3 Å².